The number of hydrogen-bond donors (Lipinski definition) is 1. The molecule has 0 aliphatic carbocycles. The monoisotopic (exact) mass is 206 g/mol. The van der Waals surface area contributed by atoms with Gasteiger partial charge in [-0.05, 0) is 24.6 Å². The van der Waals surface area contributed by atoms with Crippen molar-refractivity contribution in [2.75, 3.05) is 6.61 Å². The Morgan fingerprint density at radius 1 is 1.53 bits per heavy atom. The first-order valence-electron chi connectivity index (χ1n) is 4.75. The fourth-order valence-electron chi connectivity index (χ4n) is 1.14. The van der Waals surface area contributed by atoms with E-state index >= 15 is 0 Å². The van der Waals surface area contributed by atoms with Gasteiger partial charge in [0.25, 0.3) is 0 Å². The van der Waals surface area contributed by atoms with E-state index in [9.17, 15) is 4.79 Å². The summed E-state index contributed by atoms with van der Waals surface area (Å²) < 4.78 is 5.32. The van der Waals surface area contributed by atoms with Crippen LogP contribution in [0, 0.1) is 0 Å². The third-order valence-electron chi connectivity index (χ3n) is 1.89. The van der Waals surface area contributed by atoms with E-state index in [2.05, 4.69) is 0 Å². The number of carboxylic acid groups (broad SMARTS) is 1. The largest absolute Gasteiger partial charge is 0.478 e. The minimum atomic E-state index is -0.912. The van der Waals surface area contributed by atoms with Crippen molar-refractivity contribution in [1.82, 2.24) is 0 Å². The molecule has 3 heteroatoms. The van der Waals surface area contributed by atoms with Gasteiger partial charge in [-0.1, -0.05) is 24.3 Å². The maximum atomic E-state index is 10.7. The summed E-state index contributed by atoms with van der Waals surface area (Å²) >= 11 is 0. The van der Waals surface area contributed by atoms with E-state index in [4.69, 9.17) is 9.84 Å². The van der Waals surface area contributed by atoms with Gasteiger partial charge >= 0.3 is 5.97 Å². The standard InChI is InChI=1S/C12H14O3/c1-2-3-7-15-9-10-5-4-6-11(8-10)12(13)14/h2-6,8H,7,9H2,1H3,(H,13,14). The molecule has 0 spiro atoms. The van der Waals surface area contributed by atoms with Crippen molar-refractivity contribution >= 4 is 5.97 Å². The van der Waals surface area contributed by atoms with Gasteiger partial charge in [-0.25, -0.2) is 4.79 Å². The van der Waals surface area contributed by atoms with Crippen LogP contribution in [0.15, 0.2) is 36.4 Å². The van der Waals surface area contributed by atoms with Gasteiger partial charge in [-0.2, -0.15) is 0 Å². The molecule has 0 radical (unpaired) electrons. The average Bonchev–Trinajstić information content (AvgIpc) is 2.25. The van der Waals surface area contributed by atoms with Gasteiger partial charge in [0, 0.05) is 0 Å². The average molecular weight is 206 g/mol. The van der Waals surface area contributed by atoms with E-state index in [1.807, 2.05) is 25.1 Å². The first kappa shape index (κ1) is 11.5. The Kier molecular flexibility index (Phi) is 4.57. The SMILES string of the molecule is CC=CCOCc1cccc(C(=O)O)c1. The molecular weight excluding hydrogens is 192 g/mol. The summed E-state index contributed by atoms with van der Waals surface area (Å²) in [5.74, 6) is -0.912. The fraction of sp³-hybridized carbons (Fsp3) is 0.250. The molecule has 0 aromatic heterocycles. The molecule has 0 heterocycles. The maximum absolute atomic E-state index is 10.7. The Labute approximate surface area is 89.0 Å². The lowest BCUT2D eigenvalue weighted by Crippen LogP contribution is -1.98. The molecule has 1 rings (SSSR count). The highest BCUT2D eigenvalue weighted by molar-refractivity contribution is 5.87. The van der Waals surface area contributed by atoms with Crippen LogP contribution in [0.1, 0.15) is 22.8 Å². The van der Waals surface area contributed by atoms with Crippen LogP contribution < -0.4 is 0 Å². The zero-order valence-corrected chi connectivity index (χ0v) is 8.64. The van der Waals surface area contributed by atoms with Gasteiger partial charge in [-0.15, -0.1) is 0 Å². The molecule has 80 valence electrons. The summed E-state index contributed by atoms with van der Waals surface area (Å²) in [7, 11) is 0. The van der Waals surface area contributed by atoms with Gasteiger partial charge in [0.05, 0.1) is 18.8 Å². The van der Waals surface area contributed by atoms with Gasteiger partial charge in [0.15, 0.2) is 0 Å². The van der Waals surface area contributed by atoms with Crippen LogP contribution in [0.2, 0.25) is 0 Å². The smallest absolute Gasteiger partial charge is 0.335 e. The lowest BCUT2D eigenvalue weighted by Gasteiger charge is -2.02. The van der Waals surface area contributed by atoms with Gasteiger partial charge in [0.2, 0.25) is 0 Å². The van der Waals surface area contributed by atoms with E-state index in [1.54, 1.807) is 18.2 Å². The minimum Gasteiger partial charge on any atom is -0.478 e. The normalized spacial score (nSPS) is 10.7. The predicted molar refractivity (Wildman–Crippen MR) is 57.9 cm³/mol. The highest BCUT2D eigenvalue weighted by Gasteiger charge is 2.02. The van der Waals surface area contributed by atoms with Crippen molar-refractivity contribution in [1.29, 1.82) is 0 Å². The first-order valence-corrected chi connectivity index (χ1v) is 4.75. The molecule has 0 atom stereocenters. The number of carboxylic acids is 1. The number of hydrogen-bond acceptors (Lipinski definition) is 2. The number of carbonyl (C=O) groups is 1. The predicted octanol–water partition coefficient (Wildman–Crippen LogP) is 2.48. The topological polar surface area (TPSA) is 46.5 Å². The maximum Gasteiger partial charge on any atom is 0.335 e. The van der Waals surface area contributed by atoms with E-state index in [0.29, 0.717) is 18.8 Å². The van der Waals surface area contributed by atoms with E-state index in [1.165, 1.54) is 0 Å². The molecule has 1 aromatic rings. The molecule has 0 aliphatic heterocycles. The number of benzene rings is 1. The molecule has 1 N–H and O–H groups in total. The van der Waals surface area contributed by atoms with Crippen LogP contribution >= 0.6 is 0 Å². The van der Waals surface area contributed by atoms with Crippen molar-refractivity contribution < 1.29 is 14.6 Å². The zero-order chi connectivity index (χ0) is 11.1. The second-order valence-electron chi connectivity index (χ2n) is 3.09. The van der Waals surface area contributed by atoms with Crippen LogP contribution in [0.3, 0.4) is 0 Å². The molecule has 15 heavy (non-hydrogen) atoms. The van der Waals surface area contributed by atoms with Crippen molar-refractivity contribution in [2.24, 2.45) is 0 Å². The van der Waals surface area contributed by atoms with Crippen molar-refractivity contribution in [3.05, 3.63) is 47.5 Å². The lowest BCUT2D eigenvalue weighted by molar-refractivity contribution is 0.0696. The van der Waals surface area contributed by atoms with Gasteiger partial charge in [0.1, 0.15) is 0 Å². The molecule has 1 aromatic carbocycles. The Morgan fingerprint density at radius 2 is 2.33 bits per heavy atom. The third-order valence-corrected chi connectivity index (χ3v) is 1.89. The molecule has 3 nitrogen and oxygen atoms in total. The Hall–Kier alpha value is -1.61. The Bertz CT molecular complexity index is 356. The molecule has 0 saturated heterocycles. The molecule has 0 saturated carbocycles. The second-order valence-corrected chi connectivity index (χ2v) is 3.09. The molecule has 0 aliphatic rings. The van der Waals surface area contributed by atoms with Gasteiger partial charge in [-0.3, -0.25) is 0 Å². The van der Waals surface area contributed by atoms with E-state index in [0.717, 1.165) is 5.56 Å². The summed E-state index contributed by atoms with van der Waals surface area (Å²) in [6.45, 7) is 2.91. The second kappa shape index (κ2) is 5.98. The third kappa shape index (κ3) is 3.95. The fourth-order valence-corrected chi connectivity index (χ4v) is 1.14. The summed E-state index contributed by atoms with van der Waals surface area (Å²) in [4.78, 5) is 10.7. The van der Waals surface area contributed by atoms with E-state index in [-0.39, 0.29) is 0 Å². The highest BCUT2D eigenvalue weighted by atomic mass is 16.5. The number of aromatic carboxylic acids is 1. The minimum absolute atomic E-state index is 0.294. The molecule has 0 bridgehead atoms. The van der Waals surface area contributed by atoms with E-state index < -0.39 is 5.97 Å². The van der Waals surface area contributed by atoms with Crippen LogP contribution in [-0.4, -0.2) is 17.7 Å². The molecule has 0 fully saturated rings. The summed E-state index contributed by atoms with van der Waals surface area (Å²) in [5.41, 5.74) is 1.17. The molecule has 0 unspecified atom stereocenters. The Balaban J connectivity index is 2.54. The summed E-state index contributed by atoms with van der Waals surface area (Å²) in [6.07, 6.45) is 3.81. The Morgan fingerprint density at radius 3 is 3.00 bits per heavy atom. The highest BCUT2D eigenvalue weighted by Crippen LogP contribution is 2.06. The summed E-state index contributed by atoms with van der Waals surface area (Å²) in [6, 6.07) is 6.76. The van der Waals surface area contributed by atoms with Gasteiger partial charge < -0.3 is 9.84 Å². The van der Waals surface area contributed by atoms with Crippen molar-refractivity contribution in [3.8, 4) is 0 Å². The first-order chi connectivity index (χ1) is 7.24. The van der Waals surface area contributed by atoms with Crippen LogP contribution in [-0.2, 0) is 11.3 Å². The number of allylic oxidation sites excluding steroid dienone is 1. The number of ether oxygens (including phenoxy) is 1. The lowest BCUT2D eigenvalue weighted by atomic mass is 10.1. The molecular formula is C12H14O3. The summed E-state index contributed by atoms with van der Waals surface area (Å²) in [5, 5.41) is 8.77. The van der Waals surface area contributed by atoms with Crippen LogP contribution in [0.25, 0.3) is 0 Å². The quantitative estimate of drug-likeness (QED) is 0.594. The number of rotatable bonds is 5. The van der Waals surface area contributed by atoms with Crippen LogP contribution in [0.5, 0.6) is 0 Å². The molecule has 0 amide bonds. The van der Waals surface area contributed by atoms with Crippen LogP contribution in [0.4, 0.5) is 0 Å². The zero-order valence-electron chi connectivity index (χ0n) is 8.64. The van der Waals surface area contributed by atoms with Crippen molar-refractivity contribution in [3.63, 3.8) is 0 Å². The van der Waals surface area contributed by atoms with Crippen molar-refractivity contribution in [2.45, 2.75) is 13.5 Å².